The first-order chi connectivity index (χ1) is 26.8. The Morgan fingerprint density at radius 3 is 1.78 bits per heavy atom. The molecule has 3 aliphatic rings. The summed E-state index contributed by atoms with van der Waals surface area (Å²) in [5, 5.41) is 5.26. The minimum Gasteiger partial charge on any atom is -0.309 e. The molecule has 1 heterocycles. The first-order valence-corrected chi connectivity index (χ1v) is 18.9. The number of nitrogens with zero attached hydrogens (tertiary/aromatic N) is 1. The Morgan fingerprint density at radius 2 is 0.926 bits per heavy atom. The van der Waals surface area contributed by atoms with E-state index in [1.165, 1.54) is 116 Å². The van der Waals surface area contributed by atoms with Gasteiger partial charge in [-0.05, 0) is 125 Å². The molecule has 248 valence electrons. The average Bonchev–Trinajstić information content (AvgIpc) is 3.94. The summed E-state index contributed by atoms with van der Waals surface area (Å²) in [7, 11) is 0. The second-order valence-electron chi connectivity index (χ2n) is 15.1. The van der Waals surface area contributed by atoms with Gasteiger partial charge in [0.2, 0.25) is 0 Å². The van der Waals surface area contributed by atoms with E-state index in [-0.39, 0.29) is 0 Å². The topological polar surface area (TPSA) is 4.93 Å². The summed E-state index contributed by atoms with van der Waals surface area (Å²) in [5.74, 6) is 0. The van der Waals surface area contributed by atoms with Gasteiger partial charge in [0.15, 0.2) is 0 Å². The fraction of sp³-hybridized carbons (Fsp3) is 0.0189. The van der Waals surface area contributed by atoms with E-state index < -0.39 is 5.41 Å². The van der Waals surface area contributed by atoms with Crippen LogP contribution in [0.2, 0.25) is 0 Å². The number of hydrogen-bond acceptors (Lipinski definition) is 0. The molecular weight excluding hydrogens is 651 g/mol. The molecule has 0 fully saturated rings. The minimum absolute atomic E-state index is 0.486. The summed E-state index contributed by atoms with van der Waals surface area (Å²) >= 11 is 0. The summed E-state index contributed by atoms with van der Waals surface area (Å²) in [4.78, 5) is 0. The number of rotatable bonds is 2. The Hall–Kier alpha value is -6.96. The van der Waals surface area contributed by atoms with E-state index in [1.807, 2.05) is 0 Å². The Bertz CT molecular complexity index is 3270. The molecular formula is C53H31N. The monoisotopic (exact) mass is 681 g/mol. The zero-order chi connectivity index (χ0) is 35.1. The third-order valence-corrected chi connectivity index (χ3v) is 12.7. The molecule has 0 aliphatic heterocycles. The Morgan fingerprint density at radius 1 is 0.333 bits per heavy atom. The molecule has 1 unspecified atom stereocenters. The van der Waals surface area contributed by atoms with Crippen LogP contribution in [0.25, 0.3) is 93.9 Å². The molecule has 1 atom stereocenters. The molecule has 1 heteroatoms. The Balaban J connectivity index is 1.16. The third-order valence-electron chi connectivity index (χ3n) is 12.7. The zero-order valence-corrected chi connectivity index (χ0v) is 29.3. The van der Waals surface area contributed by atoms with Crippen molar-refractivity contribution in [1.82, 2.24) is 4.57 Å². The quantitative estimate of drug-likeness (QED) is 0.171. The summed E-state index contributed by atoms with van der Waals surface area (Å²) in [6.45, 7) is 0. The number of aromatic nitrogens is 1. The predicted molar refractivity (Wildman–Crippen MR) is 224 cm³/mol. The standard InChI is InChI=1S/C53H31N/c1-2-14-33(15-3-1)54-48-27-11-8-19-38(48)43-30-32(28-29-49(43)54)34-21-12-23-40-37-18-6-9-25-45(37)53(52(34)40)46-26-10-7-20-41(46)51-42-24-13-22-39-35-16-4-5-17-36(35)44(50(39)42)31-47(51)53/h1-31H. The van der Waals surface area contributed by atoms with E-state index in [9.17, 15) is 0 Å². The van der Waals surface area contributed by atoms with Gasteiger partial charge in [-0.1, -0.05) is 152 Å². The van der Waals surface area contributed by atoms with Gasteiger partial charge in [0, 0.05) is 16.5 Å². The van der Waals surface area contributed by atoms with Crippen molar-refractivity contribution in [3.63, 3.8) is 0 Å². The second-order valence-corrected chi connectivity index (χ2v) is 15.1. The van der Waals surface area contributed by atoms with Crippen LogP contribution in [-0.4, -0.2) is 4.57 Å². The highest BCUT2D eigenvalue weighted by Gasteiger charge is 2.53. The number of fused-ring (bicyclic) bond motifs is 17. The van der Waals surface area contributed by atoms with Crippen LogP contribution in [0.3, 0.4) is 0 Å². The van der Waals surface area contributed by atoms with Crippen LogP contribution in [0.1, 0.15) is 22.3 Å². The van der Waals surface area contributed by atoms with Crippen molar-refractivity contribution in [2.75, 3.05) is 0 Å². The van der Waals surface area contributed by atoms with E-state index in [1.54, 1.807) is 0 Å². The van der Waals surface area contributed by atoms with Crippen molar-refractivity contribution in [3.8, 4) is 61.3 Å². The SMILES string of the molecule is c1ccc(-n2c3ccccc3c3cc(-c4cccc5c4C4(c6ccccc6-5)c5ccccc5-c5c4cc4c6c(cccc56)-c5ccccc5-4)ccc32)cc1. The molecule has 0 amide bonds. The van der Waals surface area contributed by atoms with Crippen molar-refractivity contribution in [1.29, 1.82) is 0 Å². The molecule has 0 saturated heterocycles. The van der Waals surface area contributed by atoms with E-state index in [0.29, 0.717) is 0 Å². The van der Waals surface area contributed by atoms with Crippen LogP contribution in [0.4, 0.5) is 0 Å². The lowest BCUT2D eigenvalue weighted by atomic mass is 9.68. The van der Waals surface area contributed by atoms with Crippen LogP contribution < -0.4 is 0 Å². The van der Waals surface area contributed by atoms with Crippen LogP contribution >= 0.6 is 0 Å². The van der Waals surface area contributed by atoms with Gasteiger partial charge in [0.05, 0.1) is 16.4 Å². The van der Waals surface area contributed by atoms with Crippen LogP contribution in [0.5, 0.6) is 0 Å². The molecule has 10 aromatic rings. The lowest BCUT2D eigenvalue weighted by Gasteiger charge is -2.32. The van der Waals surface area contributed by atoms with Crippen molar-refractivity contribution in [2.24, 2.45) is 0 Å². The summed E-state index contributed by atoms with van der Waals surface area (Å²) < 4.78 is 2.41. The average molecular weight is 682 g/mol. The molecule has 0 radical (unpaired) electrons. The lowest BCUT2D eigenvalue weighted by Crippen LogP contribution is -2.26. The lowest BCUT2D eigenvalue weighted by molar-refractivity contribution is 0.797. The maximum Gasteiger partial charge on any atom is 0.0731 e. The fourth-order valence-corrected chi connectivity index (χ4v) is 10.8. The van der Waals surface area contributed by atoms with Gasteiger partial charge in [0.1, 0.15) is 0 Å². The number of benzene rings is 9. The van der Waals surface area contributed by atoms with E-state index in [2.05, 4.69) is 193 Å². The molecule has 9 aromatic carbocycles. The normalized spacial score (nSPS) is 15.5. The van der Waals surface area contributed by atoms with Gasteiger partial charge in [-0.2, -0.15) is 0 Å². The second kappa shape index (κ2) is 10.1. The largest absolute Gasteiger partial charge is 0.309 e. The van der Waals surface area contributed by atoms with Gasteiger partial charge in [0.25, 0.3) is 0 Å². The minimum atomic E-state index is -0.486. The molecule has 3 aliphatic carbocycles. The van der Waals surface area contributed by atoms with Crippen molar-refractivity contribution in [2.45, 2.75) is 5.41 Å². The van der Waals surface area contributed by atoms with E-state index in [4.69, 9.17) is 0 Å². The van der Waals surface area contributed by atoms with Crippen molar-refractivity contribution in [3.05, 3.63) is 210 Å². The van der Waals surface area contributed by atoms with Crippen LogP contribution in [0.15, 0.2) is 188 Å². The Kier molecular flexibility index (Phi) is 5.36. The molecule has 0 bridgehead atoms. The number of para-hydroxylation sites is 2. The van der Waals surface area contributed by atoms with Gasteiger partial charge in [-0.25, -0.2) is 0 Å². The highest BCUT2D eigenvalue weighted by Crippen LogP contribution is 2.67. The third kappa shape index (κ3) is 3.33. The van der Waals surface area contributed by atoms with Gasteiger partial charge in [-0.3, -0.25) is 0 Å². The molecule has 1 spiro atoms. The smallest absolute Gasteiger partial charge is 0.0731 e. The Labute approximate surface area is 313 Å². The zero-order valence-electron chi connectivity index (χ0n) is 29.3. The predicted octanol–water partition coefficient (Wildman–Crippen LogP) is 13.6. The first-order valence-electron chi connectivity index (χ1n) is 18.9. The van der Waals surface area contributed by atoms with Crippen LogP contribution in [0, 0.1) is 0 Å². The molecule has 0 N–H and O–H groups in total. The highest BCUT2D eigenvalue weighted by atomic mass is 15.0. The maximum absolute atomic E-state index is 2.58. The molecule has 1 aromatic heterocycles. The highest BCUT2D eigenvalue weighted by molar-refractivity contribution is 6.21. The summed E-state index contributed by atoms with van der Waals surface area (Å²) in [6.07, 6.45) is 0. The van der Waals surface area contributed by atoms with Gasteiger partial charge < -0.3 is 4.57 Å². The summed E-state index contributed by atoms with van der Waals surface area (Å²) in [6, 6.07) is 70.7. The summed E-state index contributed by atoms with van der Waals surface area (Å²) in [5.41, 5.74) is 21.9. The van der Waals surface area contributed by atoms with Gasteiger partial charge in [-0.15, -0.1) is 0 Å². The number of hydrogen-bond donors (Lipinski definition) is 0. The van der Waals surface area contributed by atoms with Crippen LogP contribution in [-0.2, 0) is 5.41 Å². The molecule has 0 saturated carbocycles. The molecule has 13 rings (SSSR count). The van der Waals surface area contributed by atoms with Gasteiger partial charge >= 0.3 is 0 Å². The first kappa shape index (κ1) is 28.6. The fourth-order valence-electron chi connectivity index (χ4n) is 10.8. The van der Waals surface area contributed by atoms with Crippen molar-refractivity contribution >= 4 is 32.6 Å². The van der Waals surface area contributed by atoms with Crippen molar-refractivity contribution < 1.29 is 0 Å². The van der Waals surface area contributed by atoms with E-state index in [0.717, 1.165) is 0 Å². The maximum atomic E-state index is 2.58. The van der Waals surface area contributed by atoms with E-state index >= 15 is 0 Å². The molecule has 54 heavy (non-hydrogen) atoms. The molecule has 1 nitrogen and oxygen atoms in total.